The summed E-state index contributed by atoms with van der Waals surface area (Å²) in [5.41, 5.74) is 5.13. The minimum Gasteiger partial charge on any atom is -0.394 e. The van der Waals surface area contributed by atoms with Crippen LogP contribution in [0.3, 0.4) is 0 Å². The zero-order valence-corrected chi connectivity index (χ0v) is 19.5. The van der Waals surface area contributed by atoms with Crippen molar-refractivity contribution in [1.82, 2.24) is 5.32 Å². The van der Waals surface area contributed by atoms with Crippen LogP contribution in [0.25, 0.3) is 0 Å². The van der Waals surface area contributed by atoms with Crippen LogP contribution in [0.5, 0.6) is 0 Å². The smallest absolute Gasteiger partial charge is 0.217 e. The number of nitrogens with zero attached hydrogens (tertiary/aromatic N) is 1. The Morgan fingerprint density at radius 3 is 2.50 bits per heavy atom. The number of nitrogens with one attached hydrogen (secondary N) is 1. The van der Waals surface area contributed by atoms with Gasteiger partial charge in [0.05, 0.1) is 19.8 Å². The molecule has 0 aliphatic carbocycles. The van der Waals surface area contributed by atoms with Crippen LogP contribution in [0.2, 0.25) is 0 Å². The minimum absolute atomic E-state index is 0.327. The summed E-state index contributed by atoms with van der Waals surface area (Å²) in [7, 11) is 0. The number of nitrogens with two attached hydrogens (primary N) is 1. The van der Waals surface area contributed by atoms with Crippen LogP contribution in [0.1, 0.15) is 41.4 Å². The summed E-state index contributed by atoms with van der Waals surface area (Å²) in [4.78, 5) is 15.4. The molecular formula is C17H33FIN3O5S. The Labute approximate surface area is 185 Å². The fourth-order valence-corrected chi connectivity index (χ4v) is 3.89. The lowest BCUT2D eigenvalue weighted by Crippen LogP contribution is -2.63. The van der Waals surface area contributed by atoms with Crippen LogP contribution in [0.4, 0.5) is 4.39 Å². The number of amidine groups is 1. The molecule has 0 saturated carbocycles. The normalized spacial score (nSPS) is 30.5. The van der Waals surface area contributed by atoms with Crippen molar-refractivity contribution in [2.75, 3.05) is 18.9 Å². The zero-order valence-electron chi connectivity index (χ0n) is 17.5. The number of carbonyl (C=O) groups is 1. The fraction of sp³-hybridized carbons (Fsp3) is 0.882. The third-order valence-electron chi connectivity index (χ3n) is 3.62. The van der Waals surface area contributed by atoms with Gasteiger partial charge in [0.2, 0.25) is 5.91 Å². The molecule has 1 fully saturated rings. The molecule has 0 spiro atoms. The van der Waals surface area contributed by atoms with Gasteiger partial charge < -0.3 is 31.1 Å². The van der Waals surface area contributed by atoms with E-state index in [1.807, 2.05) is 13.8 Å². The van der Waals surface area contributed by atoms with Gasteiger partial charge in [0.15, 0.2) is 4.15 Å². The molecule has 11 heteroatoms. The molecule has 6 N–H and O–H groups in total. The van der Waals surface area contributed by atoms with Gasteiger partial charge >= 0.3 is 0 Å². The highest BCUT2D eigenvalue weighted by atomic mass is 127. The van der Waals surface area contributed by atoms with Crippen molar-refractivity contribution < 1.29 is 30.6 Å². The Kier molecular flexibility index (Phi) is 14.4. The van der Waals surface area contributed by atoms with Crippen molar-refractivity contribution in [2.24, 2.45) is 10.7 Å². The molecular weight excluding hydrogens is 504 g/mol. The first-order valence-electron chi connectivity index (χ1n) is 9.64. The molecule has 28 heavy (non-hydrogen) atoms. The lowest BCUT2D eigenvalue weighted by Gasteiger charge is -2.42. The molecule has 6 unspecified atom stereocenters. The number of alkyl halides is 2. The van der Waals surface area contributed by atoms with Gasteiger partial charge in [-0.1, -0.05) is 20.3 Å². The zero-order chi connectivity index (χ0) is 22.6. The number of hydrogen-bond acceptors (Lipinski definition) is 7. The molecule has 0 aromatic carbocycles. The number of aliphatic hydroxyl groups is 3. The topological polar surface area (TPSA) is 137 Å². The number of rotatable bonds is 9. The van der Waals surface area contributed by atoms with Crippen LogP contribution in [0, 0.1) is 0 Å². The molecule has 1 aliphatic rings. The van der Waals surface area contributed by atoms with Gasteiger partial charge in [-0.25, -0.2) is 4.39 Å². The van der Waals surface area contributed by atoms with Crippen LogP contribution >= 0.6 is 34.4 Å². The van der Waals surface area contributed by atoms with Crippen LogP contribution in [-0.2, 0) is 9.53 Å². The van der Waals surface area contributed by atoms with E-state index in [2.05, 4.69) is 10.3 Å². The highest BCUT2D eigenvalue weighted by Gasteiger charge is 2.44. The third kappa shape index (κ3) is 11.1. The van der Waals surface area contributed by atoms with E-state index in [9.17, 15) is 24.5 Å². The molecule has 1 amide bonds. The molecule has 0 radical (unpaired) electrons. The standard InChI is InChI=1S/C13H25N3O5S.C4H8FI/c1-3-4-15-9(14)6-22-13-10(16-7(2)18)12(20)11(19)8(5-17)21-13;1-2-3-4(5)6/h8,10-13,17,19-20H,3-6H2,1-2H3,(H2,14,15)(H,16,18);4H,2-3H2,1H3/i;4T. The van der Waals surface area contributed by atoms with Crippen LogP contribution < -0.4 is 11.1 Å². The number of aliphatic hydroxyl groups excluding tert-OH is 3. The number of ether oxygens (including phenoxy) is 1. The van der Waals surface area contributed by atoms with Gasteiger partial charge in [0.25, 0.3) is 0 Å². The Morgan fingerprint density at radius 2 is 2.07 bits per heavy atom. The van der Waals surface area contributed by atoms with Crippen LogP contribution in [0.15, 0.2) is 4.99 Å². The van der Waals surface area contributed by atoms with Gasteiger partial charge in [-0.15, -0.1) is 11.8 Å². The average Bonchev–Trinajstić information content (AvgIpc) is 2.62. The molecule has 1 aliphatic heterocycles. The van der Waals surface area contributed by atoms with Gasteiger partial charge in [0, 0.05) is 13.5 Å². The Morgan fingerprint density at radius 1 is 1.43 bits per heavy atom. The van der Waals surface area contributed by atoms with Gasteiger partial charge in [-0.3, -0.25) is 9.79 Å². The van der Waals surface area contributed by atoms with E-state index in [-0.39, 0.29) is 5.91 Å². The first-order chi connectivity index (χ1) is 13.5. The second-order valence-electron chi connectivity index (χ2n) is 6.21. The number of hydrogen-bond donors (Lipinski definition) is 5. The molecule has 1 saturated heterocycles. The summed E-state index contributed by atoms with van der Waals surface area (Å²) in [5, 5.41) is 31.8. The Bertz CT molecular complexity index is 516. The van der Waals surface area contributed by atoms with E-state index in [1.165, 1.54) is 41.3 Å². The number of amides is 1. The molecule has 0 aromatic rings. The predicted octanol–water partition coefficient (Wildman–Crippen LogP) is 0.948. The molecule has 0 aromatic heterocycles. The first-order valence-corrected chi connectivity index (χ1v) is 11.3. The molecule has 0 bridgehead atoms. The summed E-state index contributed by atoms with van der Waals surface area (Å²) in [6.07, 6.45) is -1.47. The van der Waals surface area contributed by atoms with Crippen LogP contribution in [-0.4, -0.2) is 79.9 Å². The molecule has 6 atom stereocenters. The maximum Gasteiger partial charge on any atom is 0.217 e. The van der Waals surface area contributed by atoms with Crippen molar-refractivity contribution in [3.05, 3.63) is 0 Å². The lowest BCUT2D eigenvalue weighted by molar-refractivity contribution is -0.173. The van der Waals surface area contributed by atoms with E-state index in [0.717, 1.165) is 12.8 Å². The summed E-state index contributed by atoms with van der Waals surface area (Å²) in [6.45, 7) is 5.37. The highest BCUT2D eigenvalue weighted by molar-refractivity contribution is 14.1. The number of aliphatic imine (C=N–C) groups is 1. The second kappa shape index (κ2) is 15.6. The SMILES string of the molecule is CCCN=C(N)CSC1OC(CO)C(O)C(O)C1NC(C)=O.[3H]C(F)(I)CCC. The van der Waals surface area contributed by atoms with E-state index >= 15 is 0 Å². The summed E-state index contributed by atoms with van der Waals surface area (Å²) < 4.78 is 22.5. The third-order valence-corrected chi connectivity index (χ3v) is 5.36. The van der Waals surface area contributed by atoms with Gasteiger partial charge in [-0.05, 0) is 35.4 Å². The second-order valence-corrected chi connectivity index (χ2v) is 8.46. The van der Waals surface area contributed by atoms with Crippen molar-refractivity contribution in [1.29, 1.82) is 0 Å². The fourth-order valence-electron chi connectivity index (χ4n) is 2.27. The lowest BCUT2D eigenvalue weighted by atomic mass is 9.98. The maximum absolute atomic E-state index is 12.0. The quantitative estimate of drug-likeness (QED) is 0.127. The first kappa shape index (κ1) is 25.8. The van der Waals surface area contributed by atoms with Crippen molar-refractivity contribution in [2.45, 2.75) is 74.0 Å². The summed E-state index contributed by atoms with van der Waals surface area (Å²) in [5.74, 6) is 0.459. The Balaban J connectivity index is 0.000000956. The molecule has 1 heterocycles. The highest BCUT2D eigenvalue weighted by Crippen LogP contribution is 2.28. The molecule has 166 valence electrons. The van der Waals surface area contributed by atoms with Crippen molar-refractivity contribution in [3.8, 4) is 0 Å². The Hall–Kier alpha value is -0.210. The number of carbonyl (C=O) groups excluding carboxylic acids is 1. The largest absolute Gasteiger partial charge is 0.394 e. The minimum atomic E-state index is -1.73. The monoisotopic (exact) mass is 539 g/mol. The maximum atomic E-state index is 12.0. The van der Waals surface area contributed by atoms with E-state index in [4.69, 9.17) is 11.8 Å². The van der Waals surface area contributed by atoms with Gasteiger partial charge in [0.1, 0.15) is 29.6 Å². The van der Waals surface area contributed by atoms with E-state index in [1.54, 1.807) is 0 Å². The van der Waals surface area contributed by atoms with Crippen molar-refractivity contribution in [3.63, 3.8) is 0 Å². The number of thioether (sulfide) groups is 1. The van der Waals surface area contributed by atoms with Crippen molar-refractivity contribution >= 4 is 46.1 Å². The molecule has 1 rings (SSSR count). The summed E-state index contributed by atoms with van der Waals surface area (Å²) >= 11 is 2.73. The number of halogens is 2. The molecule has 8 nitrogen and oxygen atoms in total. The van der Waals surface area contributed by atoms with E-state index < -0.39 is 40.6 Å². The summed E-state index contributed by atoms with van der Waals surface area (Å²) in [6, 6.07) is -0.792. The average molecular weight is 539 g/mol. The van der Waals surface area contributed by atoms with E-state index in [0.29, 0.717) is 24.6 Å². The predicted molar refractivity (Wildman–Crippen MR) is 118 cm³/mol. The van der Waals surface area contributed by atoms with Gasteiger partial charge in [-0.2, -0.15) is 0 Å².